The summed E-state index contributed by atoms with van der Waals surface area (Å²) in [6.07, 6.45) is 2.38. The number of likely N-dealkylation sites (tertiary alicyclic amines) is 1. The highest BCUT2D eigenvalue weighted by Crippen LogP contribution is 2.26. The van der Waals surface area contributed by atoms with Gasteiger partial charge in [-0.05, 0) is 85.1 Å². The van der Waals surface area contributed by atoms with Gasteiger partial charge in [-0.1, -0.05) is 36.0 Å². The molecule has 1 saturated heterocycles. The molecule has 2 heterocycles. The Balaban J connectivity index is 1.38. The molecule has 33 heavy (non-hydrogen) atoms. The van der Waals surface area contributed by atoms with Crippen molar-refractivity contribution < 1.29 is 9.53 Å². The number of amides is 1. The van der Waals surface area contributed by atoms with Crippen LogP contribution in [0.25, 0.3) is 5.69 Å². The van der Waals surface area contributed by atoms with Gasteiger partial charge in [0.1, 0.15) is 5.75 Å². The lowest BCUT2D eigenvalue weighted by Crippen LogP contribution is -2.37. The summed E-state index contributed by atoms with van der Waals surface area (Å²) in [7, 11) is 1.67. The van der Waals surface area contributed by atoms with E-state index in [0.29, 0.717) is 11.7 Å². The van der Waals surface area contributed by atoms with Gasteiger partial charge in [0.2, 0.25) is 11.1 Å². The number of methoxy groups -OCH3 is 1. The zero-order chi connectivity index (χ0) is 23.2. The van der Waals surface area contributed by atoms with Crippen LogP contribution in [-0.4, -0.2) is 63.5 Å². The molecule has 0 saturated carbocycles. The monoisotopic (exact) mass is 466 g/mol. The maximum Gasteiger partial charge on any atom is 0.230 e. The number of hydrogen-bond donors (Lipinski definition) is 1. The SMILES string of the molecule is COc1ccc([C@@H](CNC(=O)CSc2nnnn2-c2cc(C)ccc2C)N2CCCC2)cc1. The normalized spacial score (nSPS) is 14.9. The number of aromatic nitrogens is 4. The number of tetrazole rings is 1. The van der Waals surface area contributed by atoms with Crippen LogP contribution < -0.4 is 10.1 Å². The molecule has 2 aromatic carbocycles. The Labute approximate surface area is 198 Å². The fourth-order valence-corrected chi connectivity index (χ4v) is 4.81. The van der Waals surface area contributed by atoms with Crippen molar-refractivity contribution in [2.24, 2.45) is 0 Å². The number of thioether (sulfide) groups is 1. The van der Waals surface area contributed by atoms with Gasteiger partial charge in [-0.15, -0.1) is 5.10 Å². The number of ether oxygens (including phenoxy) is 1. The first-order valence-corrected chi connectivity index (χ1v) is 12.2. The number of benzene rings is 2. The first-order chi connectivity index (χ1) is 16.0. The van der Waals surface area contributed by atoms with E-state index >= 15 is 0 Å². The molecule has 174 valence electrons. The van der Waals surface area contributed by atoms with Gasteiger partial charge in [0.15, 0.2) is 0 Å². The second-order valence-corrected chi connectivity index (χ2v) is 9.23. The summed E-state index contributed by atoms with van der Waals surface area (Å²) in [5.74, 6) is 1.05. The molecule has 8 nitrogen and oxygen atoms in total. The van der Waals surface area contributed by atoms with Crippen LogP contribution in [0, 0.1) is 13.8 Å². The van der Waals surface area contributed by atoms with Gasteiger partial charge in [0.05, 0.1) is 24.6 Å². The molecule has 0 spiro atoms. The van der Waals surface area contributed by atoms with Crippen molar-refractivity contribution in [2.75, 3.05) is 32.5 Å². The van der Waals surface area contributed by atoms with Gasteiger partial charge < -0.3 is 10.1 Å². The molecular weight excluding hydrogens is 436 g/mol. The first kappa shape index (κ1) is 23.3. The molecule has 0 aliphatic carbocycles. The standard InChI is InChI=1S/C24H30N6O2S/c1-17-6-7-18(2)21(14-17)30-24(26-27-28-30)33-16-23(31)25-15-22(29-12-4-5-13-29)19-8-10-20(32-3)11-9-19/h6-11,14,22H,4-5,12-13,15-16H2,1-3H3,(H,25,31)/t22-/m1/s1. The van der Waals surface area contributed by atoms with Crippen LogP contribution in [0.4, 0.5) is 0 Å². The molecule has 0 bridgehead atoms. The van der Waals surface area contributed by atoms with Crippen LogP contribution in [0.15, 0.2) is 47.6 Å². The van der Waals surface area contributed by atoms with E-state index in [1.165, 1.54) is 30.2 Å². The third kappa shape index (κ3) is 5.72. The smallest absolute Gasteiger partial charge is 0.230 e. The van der Waals surface area contributed by atoms with Gasteiger partial charge in [0, 0.05) is 6.54 Å². The number of carbonyl (C=O) groups is 1. The Morgan fingerprint density at radius 1 is 1.15 bits per heavy atom. The van der Waals surface area contributed by atoms with Crippen molar-refractivity contribution in [3.63, 3.8) is 0 Å². The molecule has 0 radical (unpaired) electrons. The summed E-state index contributed by atoms with van der Waals surface area (Å²) in [5, 5.41) is 15.8. The predicted molar refractivity (Wildman–Crippen MR) is 129 cm³/mol. The number of nitrogens with one attached hydrogen (secondary N) is 1. The molecule has 1 aromatic heterocycles. The molecule has 1 amide bonds. The van der Waals surface area contributed by atoms with Crippen molar-refractivity contribution in [2.45, 2.75) is 37.9 Å². The number of nitrogens with zero attached hydrogens (tertiary/aromatic N) is 5. The molecule has 9 heteroatoms. The van der Waals surface area contributed by atoms with E-state index in [1.807, 2.05) is 38.1 Å². The third-order valence-corrected chi connectivity index (χ3v) is 6.86. The first-order valence-electron chi connectivity index (χ1n) is 11.2. The molecule has 4 rings (SSSR count). The van der Waals surface area contributed by atoms with Crippen LogP contribution in [-0.2, 0) is 4.79 Å². The molecule has 1 fully saturated rings. The maximum absolute atomic E-state index is 12.7. The third-order valence-electron chi connectivity index (χ3n) is 5.94. The van der Waals surface area contributed by atoms with Crippen molar-refractivity contribution in [1.29, 1.82) is 0 Å². The van der Waals surface area contributed by atoms with Crippen LogP contribution in [0.2, 0.25) is 0 Å². The molecule has 3 aromatic rings. The summed E-state index contributed by atoms with van der Waals surface area (Å²) < 4.78 is 6.99. The van der Waals surface area contributed by atoms with Gasteiger partial charge in [0.25, 0.3) is 0 Å². The number of carbonyl (C=O) groups excluding carboxylic acids is 1. The van der Waals surface area contributed by atoms with E-state index < -0.39 is 0 Å². The van der Waals surface area contributed by atoms with Crippen LogP contribution in [0.1, 0.15) is 35.6 Å². The predicted octanol–water partition coefficient (Wildman–Crippen LogP) is 3.33. The summed E-state index contributed by atoms with van der Waals surface area (Å²) in [6.45, 7) is 6.72. The maximum atomic E-state index is 12.7. The lowest BCUT2D eigenvalue weighted by molar-refractivity contribution is -0.118. The lowest BCUT2D eigenvalue weighted by atomic mass is 10.1. The summed E-state index contributed by atoms with van der Waals surface area (Å²) >= 11 is 1.34. The summed E-state index contributed by atoms with van der Waals surface area (Å²) in [4.78, 5) is 15.2. The van der Waals surface area contributed by atoms with E-state index in [-0.39, 0.29) is 17.7 Å². The quantitative estimate of drug-likeness (QED) is 0.484. The Hall–Kier alpha value is -2.91. The molecule has 1 aliphatic heterocycles. The van der Waals surface area contributed by atoms with Gasteiger partial charge in [-0.25, -0.2) is 0 Å². The second kappa shape index (κ2) is 10.8. The van der Waals surface area contributed by atoms with Crippen LogP contribution >= 0.6 is 11.8 Å². The Kier molecular flexibility index (Phi) is 7.61. The zero-order valence-electron chi connectivity index (χ0n) is 19.3. The number of rotatable bonds is 9. The van der Waals surface area contributed by atoms with Crippen LogP contribution in [0.3, 0.4) is 0 Å². The van der Waals surface area contributed by atoms with E-state index in [9.17, 15) is 4.79 Å². The lowest BCUT2D eigenvalue weighted by Gasteiger charge is -2.28. The van der Waals surface area contributed by atoms with Crippen LogP contribution in [0.5, 0.6) is 5.75 Å². The van der Waals surface area contributed by atoms with E-state index in [1.54, 1.807) is 11.8 Å². The molecular formula is C24H30N6O2S. The molecule has 0 unspecified atom stereocenters. The minimum Gasteiger partial charge on any atom is -0.497 e. The van der Waals surface area contributed by atoms with Crippen molar-refractivity contribution in [1.82, 2.24) is 30.4 Å². The Morgan fingerprint density at radius 3 is 2.64 bits per heavy atom. The minimum absolute atomic E-state index is 0.0341. The average molecular weight is 467 g/mol. The minimum atomic E-state index is -0.0341. The fraction of sp³-hybridized carbons (Fsp3) is 0.417. The molecule has 1 atom stereocenters. The van der Waals surface area contributed by atoms with Crippen molar-refractivity contribution in [3.8, 4) is 11.4 Å². The summed E-state index contributed by atoms with van der Waals surface area (Å²) in [5.41, 5.74) is 4.32. The number of aryl methyl sites for hydroxylation is 2. The largest absolute Gasteiger partial charge is 0.497 e. The highest BCUT2D eigenvalue weighted by atomic mass is 32.2. The van der Waals surface area contributed by atoms with E-state index in [4.69, 9.17) is 4.74 Å². The average Bonchev–Trinajstić information content (AvgIpc) is 3.52. The van der Waals surface area contributed by atoms with E-state index in [2.05, 4.69) is 43.9 Å². The Morgan fingerprint density at radius 2 is 1.91 bits per heavy atom. The van der Waals surface area contributed by atoms with Gasteiger partial charge >= 0.3 is 0 Å². The highest BCUT2D eigenvalue weighted by molar-refractivity contribution is 7.99. The van der Waals surface area contributed by atoms with Crippen molar-refractivity contribution in [3.05, 3.63) is 59.2 Å². The highest BCUT2D eigenvalue weighted by Gasteiger charge is 2.24. The van der Waals surface area contributed by atoms with Crippen molar-refractivity contribution >= 4 is 17.7 Å². The molecule has 1 N–H and O–H groups in total. The second-order valence-electron chi connectivity index (χ2n) is 8.29. The molecule has 1 aliphatic rings. The summed E-state index contributed by atoms with van der Waals surface area (Å²) in [6, 6.07) is 14.4. The Bertz CT molecular complexity index is 1080. The van der Waals surface area contributed by atoms with E-state index in [0.717, 1.165) is 35.7 Å². The fourth-order valence-electron chi connectivity index (χ4n) is 4.10. The number of hydrogen-bond acceptors (Lipinski definition) is 7. The van der Waals surface area contributed by atoms with Gasteiger partial charge in [-0.3, -0.25) is 9.69 Å². The topological polar surface area (TPSA) is 85.2 Å². The zero-order valence-corrected chi connectivity index (χ0v) is 20.1. The van der Waals surface area contributed by atoms with Gasteiger partial charge in [-0.2, -0.15) is 4.68 Å².